The Kier molecular flexibility index (Phi) is 5.71. The lowest BCUT2D eigenvalue weighted by Crippen LogP contribution is -2.45. The van der Waals surface area contributed by atoms with E-state index < -0.39 is 5.91 Å². The van der Waals surface area contributed by atoms with Crippen LogP contribution in [0.5, 0.6) is 0 Å². The molecule has 2 aromatic rings. The fraction of sp³-hybridized carbons (Fsp3) is 0.250. The zero-order chi connectivity index (χ0) is 19.2. The Labute approximate surface area is 157 Å². The van der Waals surface area contributed by atoms with E-state index in [2.05, 4.69) is 10.6 Å². The first-order valence-electron chi connectivity index (χ1n) is 8.85. The van der Waals surface area contributed by atoms with Crippen LogP contribution in [0.15, 0.2) is 54.6 Å². The third-order valence-corrected chi connectivity index (χ3v) is 4.55. The third kappa shape index (κ3) is 4.63. The summed E-state index contributed by atoms with van der Waals surface area (Å²) < 4.78 is 0. The van der Waals surface area contributed by atoms with Gasteiger partial charge in [-0.1, -0.05) is 30.3 Å². The highest BCUT2D eigenvalue weighted by Gasteiger charge is 2.29. The number of amides is 4. The monoisotopic (exact) mass is 366 g/mol. The van der Waals surface area contributed by atoms with Gasteiger partial charge in [0, 0.05) is 18.8 Å². The van der Waals surface area contributed by atoms with E-state index in [0.717, 1.165) is 6.42 Å². The summed E-state index contributed by atoms with van der Waals surface area (Å²) in [5.74, 6) is -1.17. The SMILES string of the molecule is NC(=O)c1ccccc1NC(=O)C1CCCN(C(=O)Nc2ccccc2)C1. The maximum atomic E-state index is 12.6. The molecule has 140 valence electrons. The largest absolute Gasteiger partial charge is 0.366 e. The van der Waals surface area contributed by atoms with E-state index in [1.165, 1.54) is 0 Å². The van der Waals surface area contributed by atoms with Crippen molar-refractivity contribution >= 4 is 29.2 Å². The predicted molar refractivity (Wildman–Crippen MR) is 103 cm³/mol. The number of likely N-dealkylation sites (tertiary alicyclic amines) is 1. The molecular formula is C20H22N4O3. The minimum Gasteiger partial charge on any atom is -0.366 e. The lowest BCUT2D eigenvalue weighted by molar-refractivity contribution is -0.121. The molecule has 27 heavy (non-hydrogen) atoms. The normalized spacial score (nSPS) is 16.4. The van der Waals surface area contributed by atoms with Crippen LogP contribution < -0.4 is 16.4 Å². The summed E-state index contributed by atoms with van der Waals surface area (Å²) >= 11 is 0. The Morgan fingerprint density at radius 1 is 0.963 bits per heavy atom. The van der Waals surface area contributed by atoms with Gasteiger partial charge in [-0.25, -0.2) is 4.79 Å². The van der Waals surface area contributed by atoms with Crippen LogP contribution in [0.1, 0.15) is 23.2 Å². The predicted octanol–water partition coefficient (Wildman–Crippen LogP) is 2.67. The lowest BCUT2D eigenvalue weighted by atomic mass is 9.97. The maximum absolute atomic E-state index is 12.6. The molecule has 3 rings (SSSR count). The Bertz CT molecular complexity index is 838. The highest BCUT2D eigenvalue weighted by atomic mass is 16.2. The number of hydrogen-bond acceptors (Lipinski definition) is 3. The van der Waals surface area contributed by atoms with Gasteiger partial charge in [0.1, 0.15) is 0 Å². The van der Waals surface area contributed by atoms with Gasteiger partial charge < -0.3 is 21.3 Å². The average Bonchev–Trinajstić information content (AvgIpc) is 2.69. The Morgan fingerprint density at radius 3 is 2.41 bits per heavy atom. The molecule has 7 heteroatoms. The topological polar surface area (TPSA) is 105 Å². The van der Waals surface area contributed by atoms with Crippen molar-refractivity contribution in [3.63, 3.8) is 0 Å². The summed E-state index contributed by atoms with van der Waals surface area (Å²) in [6.07, 6.45) is 1.41. The minimum absolute atomic E-state index is 0.221. The first-order chi connectivity index (χ1) is 13.0. The van der Waals surface area contributed by atoms with E-state index in [4.69, 9.17) is 5.73 Å². The van der Waals surface area contributed by atoms with Gasteiger partial charge in [-0.05, 0) is 37.1 Å². The first kappa shape index (κ1) is 18.4. The van der Waals surface area contributed by atoms with Crippen molar-refractivity contribution < 1.29 is 14.4 Å². The molecule has 0 spiro atoms. The van der Waals surface area contributed by atoms with E-state index >= 15 is 0 Å². The first-order valence-corrected chi connectivity index (χ1v) is 8.85. The number of para-hydroxylation sites is 2. The van der Waals surface area contributed by atoms with Gasteiger partial charge in [0.15, 0.2) is 0 Å². The van der Waals surface area contributed by atoms with Crippen LogP contribution in [0.4, 0.5) is 16.2 Å². The van der Waals surface area contributed by atoms with Crippen molar-refractivity contribution in [2.24, 2.45) is 11.7 Å². The Hall–Kier alpha value is -3.35. The summed E-state index contributed by atoms with van der Waals surface area (Å²) in [4.78, 5) is 38.3. The molecule has 0 saturated carbocycles. The van der Waals surface area contributed by atoms with Crippen LogP contribution in [0.2, 0.25) is 0 Å². The van der Waals surface area contributed by atoms with Crippen LogP contribution in [-0.2, 0) is 4.79 Å². The van der Waals surface area contributed by atoms with Crippen LogP contribution >= 0.6 is 0 Å². The van der Waals surface area contributed by atoms with Crippen molar-refractivity contribution in [2.75, 3.05) is 23.7 Å². The molecule has 0 bridgehead atoms. The van der Waals surface area contributed by atoms with Crippen LogP contribution in [-0.4, -0.2) is 35.8 Å². The second-order valence-electron chi connectivity index (χ2n) is 6.48. The fourth-order valence-electron chi connectivity index (χ4n) is 3.14. The van der Waals surface area contributed by atoms with Gasteiger partial charge in [0.05, 0.1) is 17.2 Å². The zero-order valence-electron chi connectivity index (χ0n) is 14.9. The number of hydrogen-bond donors (Lipinski definition) is 3. The quantitative estimate of drug-likeness (QED) is 0.775. The van der Waals surface area contributed by atoms with E-state index in [0.29, 0.717) is 30.9 Å². The van der Waals surface area contributed by atoms with Crippen molar-refractivity contribution in [3.05, 3.63) is 60.2 Å². The molecular weight excluding hydrogens is 344 g/mol. The van der Waals surface area contributed by atoms with E-state index in [-0.39, 0.29) is 23.4 Å². The molecule has 1 unspecified atom stereocenters. The van der Waals surface area contributed by atoms with Crippen LogP contribution in [0.25, 0.3) is 0 Å². The molecule has 0 radical (unpaired) electrons. The molecule has 1 atom stereocenters. The Morgan fingerprint density at radius 2 is 1.67 bits per heavy atom. The third-order valence-electron chi connectivity index (χ3n) is 4.55. The summed E-state index contributed by atoms with van der Waals surface area (Å²) in [6.45, 7) is 0.920. The van der Waals surface area contributed by atoms with Gasteiger partial charge >= 0.3 is 6.03 Å². The van der Waals surface area contributed by atoms with Crippen LogP contribution in [0.3, 0.4) is 0 Å². The maximum Gasteiger partial charge on any atom is 0.321 e. The molecule has 1 saturated heterocycles. The molecule has 4 amide bonds. The smallest absolute Gasteiger partial charge is 0.321 e. The van der Waals surface area contributed by atoms with Gasteiger partial charge in [-0.15, -0.1) is 0 Å². The van der Waals surface area contributed by atoms with E-state index in [1.54, 1.807) is 29.2 Å². The highest BCUT2D eigenvalue weighted by Crippen LogP contribution is 2.21. The number of rotatable bonds is 4. The van der Waals surface area contributed by atoms with Crippen LogP contribution in [0, 0.1) is 5.92 Å². The number of nitrogens with two attached hydrogens (primary N) is 1. The highest BCUT2D eigenvalue weighted by molar-refractivity contribution is 6.03. The number of urea groups is 1. The van der Waals surface area contributed by atoms with E-state index in [9.17, 15) is 14.4 Å². The molecule has 1 heterocycles. The average molecular weight is 366 g/mol. The van der Waals surface area contributed by atoms with Crippen molar-refractivity contribution in [1.82, 2.24) is 4.90 Å². The summed E-state index contributed by atoms with van der Waals surface area (Å²) in [7, 11) is 0. The Balaban J connectivity index is 1.63. The summed E-state index contributed by atoms with van der Waals surface area (Å²) in [6, 6.07) is 15.6. The molecule has 7 nitrogen and oxygen atoms in total. The standard InChI is InChI=1S/C20H22N4O3/c21-18(25)16-10-4-5-11-17(16)23-19(26)14-7-6-12-24(13-14)20(27)22-15-8-2-1-3-9-15/h1-5,8-11,14H,6-7,12-13H2,(H2,21,25)(H,22,27)(H,23,26). The van der Waals surface area contributed by atoms with Gasteiger partial charge in [-0.3, -0.25) is 9.59 Å². The second-order valence-corrected chi connectivity index (χ2v) is 6.48. The number of primary amides is 1. The summed E-state index contributed by atoms with van der Waals surface area (Å²) in [5.41, 5.74) is 6.72. The van der Waals surface area contributed by atoms with Gasteiger partial charge in [0.25, 0.3) is 5.91 Å². The van der Waals surface area contributed by atoms with Crippen molar-refractivity contribution in [2.45, 2.75) is 12.8 Å². The zero-order valence-corrected chi connectivity index (χ0v) is 14.9. The summed E-state index contributed by atoms with van der Waals surface area (Å²) in [5, 5.41) is 5.61. The number of piperidine rings is 1. The number of nitrogens with zero attached hydrogens (tertiary/aromatic N) is 1. The number of carbonyl (C=O) groups is 3. The number of carbonyl (C=O) groups excluding carboxylic acids is 3. The minimum atomic E-state index is -0.599. The molecule has 0 aliphatic carbocycles. The number of nitrogens with one attached hydrogen (secondary N) is 2. The second kappa shape index (κ2) is 8.35. The molecule has 2 aromatic carbocycles. The van der Waals surface area contributed by atoms with Gasteiger partial charge in [-0.2, -0.15) is 0 Å². The molecule has 1 aliphatic rings. The molecule has 1 fully saturated rings. The lowest BCUT2D eigenvalue weighted by Gasteiger charge is -2.32. The number of benzene rings is 2. The molecule has 1 aliphatic heterocycles. The van der Waals surface area contributed by atoms with Crippen molar-refractivity contribution in [3.8, 4) is 0 Å². The molecule has 4 N–H and O–H groups in total. The number of anilines is 2. The molecule has 0 aromatic heterocycles. The van der Waals surface area contributed by atoms with E-state index in [1.807, 2.05) is 30.3 Å². The van der Waals surface area contributed by atoms with Gasteiger partial charge in [0.2, 0.25) is 5.91 Å². The fourth-order valence-corrected chi connectivity index (χ4v) is 3.14. The van der Waals surface area contributed by atoms with Crippen molar-refractivity contribution in [1.29, 1.82) is 0 Å².